The molecule has 4 heterocycles. The number of oxime groups is 1. The lowest BCUT2D eigenvalue weighted by Crippen LogP contribution is -2.71. The zero-order chi connectivity index (χ0) is 20.7. The van der Waals surface area contributed by atoms with Gasteiger partial charge < -0.3 is 26.1 Å². The maximum absolute atomic E-state index is 12.7. The van der Waals surface area contributed by atoms with Gasteiger partial charge in [0.25, 0.3) is 11.8 Å². The molecule has 0 radical (unpaired) electrons. The Kier molecular flexibility index (Phi) is 5.19. The Morgan fingerprint density at radius 2 is 2.24 bits per heavy atom. The Hall–Kier alpha value is -2.64. The number of aromatic nitrogens is 1. The third-order valence-electron chi connectivity index (χ3n) is 4.88. The smallest absolute Gasteiger partial charge is 0.352 e. The van der Waals surface area contributed by atoms with E-state index in [9.17, 15) is 24.7 Å². The highest BCUT2D eigenvalue weighted by Crippen LogP contribution is 2.42. The number of carbonyl (C=O) groups excluding carboxylic acids is 2. The van der Waals surface area contributed by atoms with Crippen LogP contribution in [0.2, 0.25) is 0 Å². The molecule has 1 aromatic heterocycles. The summed E-state index contributed by atoms with van der Waals surface area (Å²) < 4.78 is 5.60. The molecule has 5 N–H and O–H groups in total. The van der Waals surface area contributed by atoms with E-state index in [-0.39, 0.29) is 28.3 Å². The number of carboxylic acids is 1. The standard InChI is InChI=1S/C16H17N5O6S2/c17-16-18-7(5-29-16)9(20-26)12(22)19-10-13(23)21-11(15(24)25)6(4-28-14(10)21)8-2-1-3-27-8/h5,8,10,14,26H,1-4H2,(H2,17,18)(H,19,22)(H,24,25)/b20-9-/t8-,10+,14+/m0/s1. The second kappa shape index (κ2) is 7.65. The van der Waals surface area contributed by atoms with Crippen LogP contribution in [0.5, 0.6) is 0 Å². The summed E-state index contributed by atoms with van der Waals surface area (Å²) in [5.41, 5.74) is 5.76. The SMILES string of the molecule is Nc1nc(/C(=N/O)C(=O)N[C@@H]2C(=O)N3C(C(=O)O)=C([C@@H]4CCCO4)CS[C@H]23)cs1. The molecule has 3 atom stereocenters. The number of anilines is 1. The number of fused-ring (bicyclic) bond motifs is 1. The number of hydrogen-bond acceptors (Lipinski definition) is 10. The lowest BCUT2D eigenvalue weighted by atomic mass is 9.99. The van der Waals surface area contributed by atoms with Crippen LogP contribution in [0.4, 0.5) is 5.13 Å². The first-order valence-electron chi connectivity index (χ1n) is 8.69. The number of amides is 2. The van der Waals surface area contributed by atoms with Gasteiger partial charge in [-0.15, -0.1) is 23.1 Å². The number of nitrogens with zero attached hydrogens (tertiary/aromatic N) is 3. The van der Waals surface area contributed by atoms with Crippen molar-refractivity contribution in [1.82, 2.24) is 15.2 Å². The number of carbonyl (C=O) groups is 3. The highest BCUT2D eigenvalue weighted by molar-refractivity contribution is 8.00. The second-order valence-corrected chi connectivity index (χ2v) is 8.56. The largest absolute Gasteiger partial charge is 0.477 e. The number of nitrogens with two attached hydrogens (primary N) is 1. The molecular formula is C16H17N5O6S2. The third-order valence-corrected chi connectivity index (χ3v) is 6.86. The first kappa shape index (κ1) is 19.7. The molecule has 0 bridgehead atoms. The van der Waals surface area contributed by atoms with Gasteiger partial charge in [0.05, 0.1) is 6.10 Å². The highest BCUT2D eigenvalue weighted by Gasteiger charge is 2.55. The molecular weight excluding hydrogens is 422 g/mol. The molecule has 11 nitrogen and oxygen atoms in total. The number of hydrogen-bond donors (Lipinski definition) is 4. The van der Waals surface area contributed by atoms with Crippen molar-refractivity contribution in [2.24, 2.45) is 5.16 Å². The minimum Gasteiger partial charge on any atom is -0.477 e. The molecule has 2 amide bonds. The molecule has 2 saturated heterocycles. The summed E-state index contributed by atoms with van der Waals surface area (Å²) in [5, 5.41) is 25.4. The van der Waals surface area contributed by atoms with Crippen molar-refractivity contribution in [2.75, 3.05) is 18.1 Å². The molecule has 0 unspecified atom stereocenters. The minimum absolute atomic E-state index is 0.0699. The van der Waals surface area contributed by atoms with Crippen LogP contribution in [0.1, 0.15) is 18.5 Å². The summed E-state index contributed by atoms with van der Waals surface area (Å²) in [7, 11) is 0. The average Bonchev–Trinajstić information content (AvgIpc) is 3.37. The van der Waals surface area contributed by atoms with Crippen molar-refractivity contribution in [1.29, 1.82) is 0 Å². The summed E-state index contributed by atoms with van der Waals surface area (Å²) in [5.74, 6) is -2.16. The first-order valence-corrected chi connectivity index (χ1v) is 10.6. The molecule has 0 saturated carbocycles. The first-order chi connectivity index (χ1) is 13.9. The van der Waals surface area contributed by atoms with Gasteiger partial charge in [0.1, 0.15) is 22.8 Å². The van der Waals surface area contributed by atoms with E-state index in [1.165, 1.54) is 22.0 Å². The Morgan fingerprint density at radius 1 is 1.45 bits per heavy atom. The Morgan fingerprint density at radius 3 is 2.83 bits per heavy atom. The van der Waals surface area contributed by atoms with E-state index in [1.807, 2.05) is 0 Å². The number of rotatable bonds is 5. The van der Waals surface area contributed by atoms with Crippen LogP contribution < -0.4 is 11.1 Å². The molecule has 154 valence electrons. The van der Waals surface area contributed by atoms with Crippen molar-refractivity contribution in [3.63, 3.8) is 0 Å². The van der Waals surface area contributed by atoms with E-state index in [1.54, 1.807) is 0 Å². The van der Waals surface area contributed by atoms with Crippen LogP contribution in [0, 0.1) is 0 Å². The number of nitrogens with one attached hydrogen (secondary N) is 1. The van der Waals surface area contributed by atoms with Crippen LogP contribution in [-0.2, 0) is 19.1 Å². The number of thiazole rings is 1. The normalized spacial score (nSPS) is 26.9. The van der Waals surface area contributed by atoms with Gasteiger partial charge in [0, 0.05) is 17.7 Å². The monoisotopic (exact) mass is 439 g/mol. The fourth-order valence-corrected chi connectivity index (χ4v) is 5.52. The van der Waals surface area contributed by atoms with Crippen LogP contribution in [0.3, 0.4) is 0 Å². The van der Waals surface area contributed by atoms with Gasteiger partial charge in [-0.3, -0.25) is 14.5 Å². The number of thioether (sulfide) groups is 1. The van der Waals surface area contributed by atoms with Gasteiger partial charge in [0.15, 0.2) is 10.8 Å². The van der Waals surface area contributed by atoms with Gasteiger partial charge >= 0.3 is 5.97 Å². The zero-order valence-corrected chi connectivity index (χ0v) is 16.5. The summed E-state index contributed by atoms with van der Waals surface area (Å²) in [6.07, 6.45) is 1.25. The molecule has 3 aliphatic rings. The van der Waals surface area contributed by atoms with Gasteiger partial charge in [-0.1, -0.05) is 5.16 Å². The van der Waals surface area contributed by atoms with E-state index in [0.29, 0.717) is 24.4 Å². The lowest BCUT2D eigenvalue weighted by molar-refractivity contribution is -0.150. The van der Waals surface area contributed by atoms with E-state index < -0.39 is 29.2 Å². The number of β-lactam (4-membered cyclic amide) rings is 1. The number of carboxylic acid groups (broad SMARTS) is 1. The van der Waals surface area contributed by atoms with Crippen LogP contribution in [0.15, 0.2) is 21.8 Å². The predicted octanol–water partition coefficient (Wildman–Crippen LogP) is -0.179. The van der Waals surface area contributed by atoms with Crippen molar-refractivity contribution >= 4 is 51.7 Å². The van der Waals surface area contributed by atoms with E-state index in [2.05, 4.69) is 15.5 Å². The van der Waals surface area contributed by atoms with E-state index in [4.69, 9.17) is 10.5 Å². The van der Waals surface area contributed by atoms with Gasteiger partial charge in [-0.05, 0) is 18.4 Å². The molecule has 0 aliphatic carbocycles. The van der Waals surface area contributed by atoms with Crippen LogP contribution in [0.25, 0.3) is 0 Å². The highest BCUT2D eigenvalue weighted by atomic mass is 32.2. The zero-order valence-electron chi connectivity index (χ0n) is 14.9. The lowest BCUT2D eigenvalue weighted by Gasteiger charge is -2.49. The molecule has 0 spiro atoms. The molecule has 29 heavy (non-hydrogen) atoms. The maximum atomic E-state index is 12.7. The van der Waals surface area contributed by atoms with Crippen molar-refractivity contribution in [3.8, 4) is 0 Å². The molecule has 4 rings (SSSR count). The Balaban J connectivity index is 1.52. The van der Waals surface area contributed by atoms with Gasteiger partial charge in [0.2, 0.25) is 0 Å². The van der Waals surface area contributed by atoms with Gasteiger partial charge in [-0.2, -0.15) is 0 Å². The molecule has 13 heteroatoms. The number of nitrogen functional groups attached to an aromatic ring is 1. The predicted molar refractivity (Wildman–Crippen MR) is 104 cm³/mol. The van der Waals surface area contributed by atoms with Crippen molar-refractivity contribution in [2.45, 2.75) is 30.4 Å². The quantitative estimate of drug-likeness (QED) is 0.210. The van der Waals surface area contributed by atoms with E-state index >= 15 is 0 Å². The topological polar surface area (TPSA) is 167 Å². The summed E-state index contributed by atoms with van der Waals surface area (Å²) in [6, 6.07) is -0.944. The number of ether oxygens (including phenoxy) is 1. The number of aliphatic carboxylic acids is 1. The summed E-state index contributed by atoms with van der Waals surface area (Å²) in [4.78, 5) is 42.1. The van der Waals surface area contributed by atoms with Crippen LogP contribution in [-0.4, -0.2) is 73.6 Å². The minimum atomic E-state index is -1.20. The van der Waals surface area contributed by atoms with Crippen LogP contribution >= 0.6 is 23.1 Å². The fourth-order valence-electron chi connectivity index (χ4n) is 3.56. The van der Waals surface area contributed by atoms with Gasteiger partial charge in [-0.25, -0.2) is 9.78 Å². The fraction of sp³-hybridized carbons (Fsp3) is 0.438. The molecule has 2 fully saturated rings. The Labute approximate surface area is 172 Å². The molecule has 1 aromatic rings. The molecule has 3 aliphatic heterocycles. The van der Waals surface area contributed by atoms with Crippen molar-refractivity contribution < 1.29 is 29.4 Å². The summed E-state index contributed by atoms with van der Waals surface area (Å²) >= 11 is 2.43. The second-order valence-electron chi connectivity index (χ2n) is 6.56. The average molecular weight is 439 g/mol. The van der Waals surface area contributed by atoms with E-state index in [0.717, 1.165) is 17.8 Å². The Bertz CT molecular complexity index is 938. The molecule has 0 aromatic carbocycles. The summed E-state index contributed by atoms with van der Waals surface area (Å²) in [6.45, 7) is 0.562. The third kappa shape index (κ3) is 3.34. The van der Waals surface area contributed by atoms with Crippen molar-refractivity contribution in [3.05, 3.63) is 22.3 Å². The maximum Gasteiger partial charge on any atom is 0.352 e.